The third-order valence-electron chi connectivity index (χ3n) is 6.00. The Hall–Kier alpha value is -1.50. The number of hydrogen-bond donors (Lipinski definition) is 4. The standard InChI is InChI=1S/C22H35N5O.2ClH/c1-2-3-4-5-20(23)21(17-8-11-26-12-9-17)28-19-7-6-16-10-13-27(22(24)25)15-18(16)14-19;;/h6-7,14,17,21,23,26H,2-5,8-13,15H2,1H3,(H3,24,25);2*1H. The van der Waals surface area contributed by atoms with Crippen molar-refractivity contribution in [1.82, 2.24) is 10.2 Å². The van der Waals surface area contributed by atoms with Gasteiger partial charge in [-0.3, -0.25) is 5.41 Å². The van der Waals surface area contributed by atoms with E-state index in [-0.39, 0.29) is 36.9 Å². The van der Waals surface area contributed by atoms with Crippen LogP contribution < -0.4 is 15.8 Å². The van der Waals surface area contributed by atoms with Crippen molar-refractivity contribution in [3.8, 4) is 5.75 Å². The van der Waals surface area contributed by atoms with Crippen molar-refractivity contribution in [1.29, 1.82) is 10.8 Å². The van der Waals surface area contributed by atoms with Crippen LogP contribution in [0, 0.1) is 16.7 Å². The molecule has 6 nitrogen and oxygen atoms in total. The van der Waals surface area contributed by atoms with Gasteiger partial charge in [0.25, 0.3) is 0 Å². The molecular formula is C22H37Cl2N5O. The average Bonchev–Trinajstić information content (AvgIpc) is 2.72. The van der Waals surface area contributed by atoms with Gasteiger partial charge in [-0.25, -0.2) is 0 Å². The summed E-state index contributed by atoms with van der Waals surface area (Å²) in [6.07, 6.45) is 7.12. The van der Waals surface area contributed by atoms with Crippen molar-refractivity contribution in [2.24, 2.45) is 11.7 Å². The largest absolute Gasteiger partial charge is 0.484 e. The topological polar surface area (TPSA) is 98.2 Å². The van der Waals surface area contributed by atoms with E-state index in [4.69, 9.17) is 21.3 Å². The third kappa shape index (κ3) is 7.03. The Morgan fingerprint density at radius 2 is 1.93 bits per heavy atom. The molecule has 1 aromatic rings. The second kappa shape index (κ2) is 13.0. The summed E-state index contributed by atoms with van der Waals surface area (Å²) in [5.74, 6) is 1.37. The van der Waals surface area contributed by atoms with Gasteiger partial charge in [-0.2, -0.15) is 0 Å². The first-order valence-electron chi connectivity index (χ1n) is 10.7. The van der Waals surface area contributed by atoms with Gasteiger partial charge >= 0.3 is 0 Å². The van der Waals surface area contributed by atoms with E-state index in [1.807, 2.05) is 4.90 Å². The molecule has 0 aliphatic carbocycles. The minimum atomic E-state index is -0.135. The van der Waals surface area contributed by atoms with E-state index in [0.717, 1.165) is 63.2 Å². The highest BCUT2D eigenvalue weighted by atomic mass is 35.5. The molecule has 0 amide bonds. The van der Waals surface area contributed by atoms with E-state index in [1.54, 1.807) is 0 Å². The van der Waals surface area contributed by atoms with Gasteiger partial charge in [0.1, 0.15) is 11.9 Å². The first kappa shape index (κ1) is 26.5. The van der Waals surface area contributed by atoms with E-state index >= 15 is 0 Å². The molecule has 5 N–H and O–H groups in total. The highest BCUT2D eigenvalue weighted by Crippen LogP contribution is 2.28. The number of fused-ring (bicyclic) bond motifs is 1. The molecule has 2 aliphatic heterocycles. The lowest BCUT2D eigenvalue weighted by Crippen LogP contribution is -2.41. The second-order valence-corrected chi connectivity index (χ2v) is 8.10. The molecular weight excluding hydrogens is 421 g/mol. The molecule has 3 rings (SSSR count). The van der Waals surface area contributed by atoms with Crippen LogP contribution in [0.1, 0.15) is 56.6 Å². The molecule has 0 aromatic heterocycles. The molecule has 1 fully saturated rings. The molecule has 0 radical (unpaired) electrons. The number of halogens is 2. The molecule has 0 spiro atoms. The third-order valence-corrected chi connectivity index (χ3v) is 6.00. The summed E-state index contributed by atoms with van der Waals surface area (Å²) in [7, 11) is 0. The predicted molar refractivity (Wildman–Crippen MR) is 129 cm³/mol. The summed E-state index contributed by atoms with van der Waals surface area (Å²) in [6.45, 7) is 5.66. The van der Waals surface area contributed by atoms with E-state index in [2.05, 4.69) is 30.4 Å². The number of nitrogens with one attached hydrogen (secondary N) is 3. The van der Waals surface area contributed by atoms with Gasteiger partial charge in [-0.15, -0.1) is 24.8 Å². The minimum Gasteiger partial charge on any atom is -0.484 e. The Morgan fingerprint density at radius 1 is 1.20 bits per heavy atom. The van der Waals surface area contributed by atoms with Crippen LogP contribution in [0.25, 0.3) is 0 Å². The monoisotopic (exact) mass is 457 g/mol. The van der Waals surface area contributed by atoms with Crippen molar-refractivity contribution in [3.05, 3.63) is 29.3 Å². The molecule has 1 aromatic carbocycles. The van der Waals surface area contributed by atoms with Crippen LogP contribution in [0.15, 0.2) is 18.2 Å². The zero-order valence-electron chi connectivity index (χ0n) is 17.9. The number of ether oxygens (including phenoxy) is 1. The maximum atomic E-state index is 8.69. The average molecular weight is 458 g/mol. The van der Waals surface area contributed by atoms with Crippen LogP contribution >= 0.6 is 24.8 Å². The summed E-state index contributed by atoms with van der Waals surface area (Å²) in [5.41, 5.74) is 8.91. The number of piperidine rings is 1. The molecule has 2 aliphatic rings. The molecule has 170 valence electrons. The Morgan fingerprint density at radius 3 is 2.60 bits per heavy atom. The maximum absolute atomic E-state index is 8.69. The van der Waals surface area contributed by atoms with Gasteiger partial charge < -0.3 is 26.1 Å². The summed E-state index contributed by atoms with van der Waals surface area (Å²) < 4.78 is 6.45. The van der Waals surface area contributed by atoms with E-state index in [9.17, 15) is 0 Å². The number of benzene rings is 1. The number of nitrogens with zero attached hydrogens (tertiary/aromatic N) is 1. The van der Waals surface area contributed by atoms with Crippen molar-refractivity contribution < 1.29 is 4.74 Å². The van der Waals surface area contributed by atoms with E-state index in [0.29, 0.717) is 12.5 Å². The lowest BCUT2D eigenvalue weighted by Gasteiger charge is -2.33. The quantitative estimate of drug-likeness (QED) is 0.268. The Labute approximate surface area is 193 Å². The number of nitrogens with two attached hydrogens (primary N) is 1. The van der Waals surface area contributed by atoms with Gasteiger partial charge in [0.15, 0.2) is 5.96 Å². The minimum absolute atomic E-state index is 0. The number of hydrogen-bond acceptors (Lipinski definition) is 4. The number of rotatable bonds is 8. The fourth-order valence-electron chi connectivity index (χ4n) is 4.27. The lowest BCUT2D eigenvalue weighted by atomic mass is 9.87. The van der Waals surface area contributed by atoms with Gasteiger partial charge in [0, 0.05) is 24.7 Å². The lowest BCUT2D eigenvalue weighted by molar-refractivity contribution is 0.164. The Bertz CT molecular complexity index is 694. The zero-order valence-corrected chi connectivity index (χ0v) is 19.5. The smallest absolute Gasteiger partial charge is 0.188 e. The van der Waals surface area contributed by atoms with Gasteiger partial charge in [-0.05, 0) is 68.5 Å². The molecule has 0 saturated carbocycles. The van der Waals surface area contributed by atoms with Crippen molar-refractivity contribution >= 4 is 36.5 Å². The predicted octanol–water partition coefficient (Wildman–Crippen LogP) is 4.13. The van der Waals surface area contributed by atoms with E-state index in [1.165, 1.54) is 24.0 Å². The van der Waals surface area contributed by atoms with E-state index < -0.39 is 0 Å². The molecule has 1 saturated heterocycles. The molecule has 1 atom stereocenters. The second-order valence-electron chi connectivity index (χ2n) is 8.10. The molecule has 30 heavy (non-hydrogen) atoms. The zero-order chi connectivity index (χ0) is 19.9. The normalized spacial score (nSPS) is 17.2. The molecule has 8 heteroatoms. The van der Waals surface area contributed by atoms with Gasteiger partial charge in [-0.1, -0.05) is 25.8 Å². The van der Waals surface area contributed by atoms with Gasteiger partial charge in [0.05, 0.1) is 0 Å². The van der Waals surface area contributed by atoms with Crippen molar-refractivity contribution in [3.63, 3.8) is 0 Å². The first-order chi connectivity index (χ1) is 13.6. The summed E-state index contributed by atoms with van der Waals surface area (Å²) in [5, 5.41) is 19.8. The van der Waals surface area contributed by atoms with Crippen molar-refractivity contribution in [2.75, 3.05) is 19.6 Å². The maximum Gasteiger partial charge on any atom is 0.188 e. The summed E-state index contributed by atoms with van der Waals surface area (Å²) in [6, 6.07) is 6.29. The van der Waals surface area contributed by atoms with Crippen LogP contribution in [-0.4, -0.2) is 42.3 Å². The van der Waals surface area contributed by atoms with Crippen LogP contribution in [0.5, 0.6) is 5.75 Å². The van der Waals surface area contributed by atoms with Crippen LogP contribution in [0.4, 0.5) is 0 Å². The SMILES string of the molecule is CCCCCC(=N)C(Oc1ccc2c(c1)CN(C(=N)N)CC2)C1CCNCC1.Cl.Cl. The molecule has 2 heterocycles. The van der Waals surface area contributed by atoms with Crippen LogP contribution in [0.3, 0.4) is 0 Å². The van der Waals surface area contributed by atoms with Crippen molar-refractivity contribution in [2.45, 2.75) is 64.5 Å². The fourth-order valence-corrected chi connectivity index (χ4v) is 4.27. The Kier molecular flexibility index (Phi) is 11.5. The highest BCUT2D eigenvalue weighted by Gasteiger charge is 2.29. The molecule has 0 bridgehead atoms. The van der Waals surface area contributed by atoms with Crippen LogP contribution in [0.2, 0.25) is 0 Å². The highest BCUT2D eigenvalue weighted by molar-refractivity contribution is 5.86. The fraction of sp³-hybridized carbons (Fsp3) is 0.636. The number of unbranched alkanes of at least 4 members (excludes halogenated alkanes) is 2. The number of guanidine groups is 1. The first-order valence-corrected chi connectivity index (χ1v) is 10.7. The van der Waals surface area contributed by atoms with Crippen LogP contribution in [-0.2, 0) is 13.0 Å². The van der Waals surface area contributed by atoms with Gasteiger partial charge in [0.2, 0.25) is 0 Å². The Balaban J connectivity index is 0.00000225. The molecule has 1 unspecified atom stereocenters. The summed E-state index contributed by atoms with van der Waals surface area (Å²) in [4.78, 5) is 1.89. The summed E-state index contributed by atoms with van der Waals surface area (Å²) >= 11 is 0.